The Bertz CT molecular complexity index is 597. The normalized spacial score (nSPS) is 11.1. The molecule has 0 saturated heterocycles. The zero-order valence-corrected chi connectivity index (χ0v) is 17.0. The lowest BCUT2D eigenvalue weighted by Gasteiger charge is -2.26. The van der Waals surface area contributed by atoms with Crippen molar-refractivity contribution in [1.29, 1.82) is 0 Å². The zero-order valence-electron chi connectivity index (χ0n) is 16.2. The van der Waals surface area contributed by atoms with Gasteiger partial charge in [-0.2, -0.15) is 0 Å². The fraction of sp³-hybridized carbons (Fsp3) is 0.550. The topological polar surface area (TPSA) is 66.5 Å². The number of rotatable bonds is 9. The van der Waals surface area contributed by atoms with Gasteiger partial charge >= 0.3 is 0 Å². The maximum atomic E-state index is 12.6. The molecule has 0 saturated carbocycles. The standard InChI is InChI=1S/C20H30N2O3S/c1-16(23)26-13-9-8-12-19(25)22(14-17-10-6-5-7-11-17)15-18(24)21-20(2,3)4/h5-7,10-11H,8-9,12-15H2,1-4H3,(H,21,24). The molecule has 0 radical (unpaired) electrons. The lowest BCUT2D eigenvalue weighted by atomic mass is 10.1. The van der Waals surface area contributed by atoms with Crippen molar-refractivity contribution in [3.8, 4) is 0 Å². The second kappa shape index (κ2) is 11.0. The number of carbonyl (C=O) groups excluding carboxylic acids is 3. The van der Waals surface area contributed by atoms with Crippen LogP contribution in [0.25, 0.3) is 0 Å². The minimum absolute atomic E-state index is 0.0364. The molecule has 2 amide bonds. The highest BCUT2D eigenvalue weighted by atomic mass is 32.2. The number of nitrogens with one attached hydrogen (secondary N) is 1. The first kappa shape index (κ1) is 22.2. The van der Waals surface area contributed by atoms with E-state index in [2.05, 4.69) is 5.32 Å². The first-order valence-corrected chi connectivity index (χ1v) is 9.92. The summed E-state index contributed by atoms with van der Waals surface area (Å²) in [5.41, 5.74) is 0.666. The number of thioether (sulfide) groups is 1. The van der Waals surface area contributed by atoms with Gasteiger partial charge in [0.2, 0.25) is 11.8 Å². The van der Waals surface area contributed by atoms with Crippen LogP contribution in [-0.2, 0) is 20.9 Å². The molecular formula is C20H30N2O3S. The zero-order chi connectivity index (χ0) is 19.6. The summed E-state index contributed by atoms with van der Waals surface area (Å²) in [6, 6.07) is 9.67. The number of carbonyl (C=O) groups is 3. The fourth-order valence-electron chi connectivity index (χ4n) is 2.42. The number of benzene rings is 1. The van der Waals surface area contributed by atoms with Gasteiger partial charge in [0.25, 0.3) is 0 Å². The maximum Gasteiger partial charge on any atom is 0.240 e. The summed E-state index contributed by atoms with van der Waals surface area (Å²) in [5, 5.41) is 3.00. The number of hydrogen-bond acceptors (Lipinski definition) is 4. The third-order valence-corrected chi connectivity index (χ3v) is 4.41. The molecule has 1 N–H and O–H groups in total. The van der Waals surface area contributed by atoms with Gasteiger partial charge in [0.15, 0.2) is 5.12 Å². The lowest BCUT2D eigenvalue weighted by molar-refractivity contribution is -0.137. The van der Waals surface area contributed by atoms with Crippen LogP contribution in [0.1, 0.15) is 52.5 Å². The average Bonchev–Trinajstić information content (AvgIpc) is 2.52. The molecule has 0 aliphatic carbocycles. The molecule has 0 bridgehead atoms. The molecule has 26 heavy (non-hydrogen) atoms. The smallest absolute Gasteiger partial charge is 0.240 e. The minimum atomic E-state index is -0.331. The Labute approximate surface area is 160 Å². The molecule has 1 rings (SSSR count). The van der Waals surface area contributed by atoms with Crippen LogP contribution in [-0.4, -0.2) is 39.7 Å². The average molecular weight is 379 g/mol. The van der Waals surface area contributed by atoms with Crippen LogP contribution in [0.15, 0.2) is 30.3 Å². The van der Waals surface area contributed by atoms with E-state index in [4.69, 9.17) is 0 Å². The van der Waals surface area contributed by atoms with E-state index in [-0.39, 0.29) is 29.0 Å². The Hall–Kier alpha value is -1.82. The van der Waals surface area contributed by atoms with Gasteiger partial charge < -0.3 is 10.2 Å². The molecule has 1 aromatic carbocycles. The first-order chi connectivity index (χ1) is 12.2. The SMILES string of the molecule is CC(=O)SCCCCC(=O)N(CC(=O)NC(C)(C)C)Cc1ccccc1. The monoisotopic (exact) mass is 378 g/mol. The van der Waals surface area contributed by atoms with Crippen LogP contribution < -0.4 is 5.32 Å². The molecular weight excluding hydrogens is 348 g/mol. The van der Waals surface area contributed by atoms with Crippen molar-refractivity contribution in [2.24, 2.45) is 0 Å². The van der Waals surface area contributed by atoms with Crippen LogP contribution in [0.4, 0.5) is 0 Å². The fourth-order valence-corrected chi connectivity index (χ4v) is 3.06. The number of amides is 2. The Morgan fingerprint density at radius 1 is 1.08 bits per heavy atom. The van der Waals surface area contributed by atoms with E-state index in [0.717, 1.165) is 17.7 Å². The largest absolute Gasteiger partial charge is 0.350 e. The van der Waals surface area contributed by atoms with Crippen molar-refractivity contribution in [3.63, 3.8) is 0 Å². The first-order valence-electron chi connectivity index (χ1n) is 8.93. The molecule has 5 nitrogen and oxygen atoms in total. The summed E-state index contributed by atoms with van der Waals surface area (Å²) >= 11 is 1.28. The molecule has 0 aliphatic rings. The van der Waals surface area contributed by atoms with Crippen LogP contribution in [0.2, 0.25) is 0 Å². The summed E-state index contributed by atoms with van der Waals surface area (Å²) in [6.07, 6.45) is 1.91. The number of unbranched alkanes of at least 4 members (excludes halogenated alkanes) is 1. The Kier molecular flexibility index (Phi) is 9.41. The van der Waals surface area contributed by atoms with E-state index in [9.17, 15) is 14.4 Å². The summed E-state index contributed by atoms with van der Waals surface area (Å²) in [4.78, 5) is 37.4. The summed E-state index contributed by atoms with van der Waals surface area (Å²) in [6.45, 7) is 7.76. The van der Waals surface area contributed by atoms with E-state index >= 15 is 0 Å². The van der Waals surface area contributed by atoms with Crippen molar-refractivity contribution in [1.82, 2.24) is 10.2 Å². The van der Waals surface area contributed by atoms with Crippen molar-refractivity contribution < 1.29 is 14.4 Å². The van der Waals surface area contributed by atoms with Crippen LogP contribution in [0.5, 0.6) is 0 Å². The third kappa shape index (κ3) is 10.2. The van der Waals surface area contributed by atoms with Gasteiger partial charge in [0.1, 0.15) is 0 Å². The van der Waals surface area contributed by atoms with Gasteiger partial charge in [-0.1, -0.05) is 42.1 Å². The molecule has 6 heteroatoms. The third-order valence-electron chi connectivity index (χ3n) is 3.51. The van der Waals surface area contributed by atoms with E-state index in [1.54, 1.807) is 11.8 Å². The maximum absolute atomic E-state index is 12.6. The lowest BCUT2D eigenvalue weighted by Crippen LogP contribution is -2.47. The van der Waals surface area contributed by atoms with Crippen LogP contribution in [0, 0.1) is 0 Å². The van der Waals surface area contributed by atoms with Gasteiger partial charge in [-0.3, -0.25) is 14.4 Å². The van der Waals surface area contributed by atoms with Gasteiger partial charge in [-0.05, 0) is 39.2 Å². The number of nitrogens with zero attached hydrogens (tertiary/aromatic N) is 1. The molecule has 0 atom stereocenters. The molecule has 144 valence electrons. The molecule has 0 unspecified atom stereocenters. The molecule has 0 spiro atoms. The minimum Gasteiger partial charge on any atom is -0.350 e. The highest BCUT2D eigenvalue weighted by molar-refractivity contribution is 8.13. The molecule has 0 fully saturated rings. The summed E-state index contributed by atoms with van der Waals surface area (Å²) < 4.78 is 0. The Morgan fingerprint density at radius 2 is 1.73 bits per heavy atom. The highest BCUT2D eigenvalue weighted by Gasteiger charge is 2.20. The van der Waals surface area contributed by atoms with Crippen LogP contribution >= 0.6 is 11.8 Å². The van der Waals surface area contributed by atoms with E-state index in [0.29, 0.717) is 19.4 Å². The van der Waals surface area contributed by atoms with Gasteiger partial charge in [0.05, 0.1) is 6.54 Å². The molecule has 0 heterocycles. The second-order valence-electron chi connectivity index (χ2n) is 7.33. The van der Waals surface area contributed by atoms with Gasteiger partial charge in [-0.15, -0.1) is 0 Å². The quantitative estimate of drug-likeness (QED) is 0.669. The van der Waals surface area contributed by atoms with E-state index in [1.807, 2.05) is 51.1 Å². The number of hydrogen-bond donors (Lipinski definition) is 1. The summed E-state index contributed by atoms with van der Waals surface area (Å²) in [7, 11) is 0. The van der Waals surface area contributed by atoms with Gasteiger partial charge in [0, 0.05) is 31.2 Å². The summed E-state index contributed by atoms with van der Waals surface area (Å²) in [5.74, 6) is 0.533. The highest BCUT2D eigenvalue weighted by Crippen LogP contribution is 2.11. The predicted octanol–water partition coefficient (Wildman–Crippen LogP) is 3.38. The van der Waals surface area contributed by atoms with Crippen molar-refractivity contribution in [2.45, 2.75) is 59.0 Å². The second-order valence-corrected chi connectivity index (χ2v) is 8.60. The van der Waals surface area contributed by atoms with Gasteiger partial charge in [-0.25, -0.2) is 0 Å². The van der Waals surface area contributed by atoms with Crippen LogP contribution in [0.3, 0.4) is 0 Å². The predicted molar refractivity (Wildman–Crippen MR) is 107 cm³/mol. The Balaban J connectivity index is 2.62. The molecule has 0 aromatic heterocycles. The van der Waals surface area contributed by atoms with Crippen molar-refractivity contribution in [2.75, 3.05) is 12.3 Å². The molecule has 1 aromatic rings. The van der Waals surface area contributed by atoms with Crippen molar-refractivity contribution >= 4 is 28.7 Å². The van der Waals surface area contributed by atoms with E-state index < -0.39 is 0 Å². The molecule has 0 aliphatic heterocycles. The van der Waals surface area contributed by atoms with Crippen molar-refractivity contribution in [3.05, 3.63) is 35.9 Å². The Morgan fingerprint density at radius 3 is 2.31 bits per heavy atom. The van der Waals surface area contributed by atoms with E-state index in [1.165, 1.54) is 11.8 Å².